The molecule has 2 aromatic rings. The Balaban J connectivity index is 1.53. The molecular formula is C21H25N3O4. The molecule has 1 aliphatic rings. The fourth-order valence-corrected chi connectivity index (χ4v) is 3.32. The van der Waals surface area contributed by atoms with E-state index in [1.165, 1.54) is 0 Å². The van der Waals surface area contributed by atoms with Gasteiger partial charge in [0, 0.05) is 43.7 Å². The number of nitrogens with one attached hydrogen (secondary N) is 1. The first-order chi connectivity index (χ1) is 13.6. The van der Waals surface area contributed by atoms with Crippen LogP contribution in [0.1, 0.15) is 18.4 Å². The molecule has 0 aliphatic carbocycles. The zero-order chi connectivity index (χ0) is 19.9. The lowest BCUT2D eigenvalue weighted by Crippen LogP contribution is -2.33. The predicted octanol–water partition coefficient (Wildman–Crippen LogP) is 2.20. The highest BCUT2D eigenvalue weighted by molar-refractivity contribution is 6.00. The highest BCUT2D eigenvalue weighted by Crippen LogP contribution is 2.34. The van der Waals surface area contributed by atoms with Gasteiger partial charge in [0.2, 0.25) is 11.8 Å². The zero-order valence-electron chi connectivity index (χ0n) is 16.2. The van der Waals surface area contributed by atoms with Gasteiger partial charge in [-0.1, -0.05) is 6.07 Å². The number of rotatable bonds is 8. The summed E-state index contributed by atoms with van der Waals surface area (Å²) in [5.41, 5.74) is 1.85. The van der Waals surface area contributed by atoms with E-state index < -0.39 is 0 Å². The maximum absolute atomic E-state index is 12.5. The number of methoxy groups -OCH3 is 2. The van der Waals surface area contributed by atoms with E-state index in [0.29, 0.717) is 30.3 Å². The lowest BCUT2D eigenvalue weighted by atomic mass is 10.1. The van der Waals surface area contributed by atoms with Crippen molar-refractivity contribution in [3.63, 3.8) is 0 Å². The predicted molar refractivity (Wildman–Crippen MR) is 106 cm³/mol. The van der Waals surface area contributed by atoms with Crippen LogP contribution in [0.2, 0.25) is 0 Å². The van der Waals surface area contributed by atoms with Crippen LogP contribution in [-0.2, 0) is 16.0 Å². The molecule has 2 heterocycles. The van der Waals surface area contributed by atoms with Crippen LogP contribution >= 0.6 is 0 Å². The Labute approximate surface area is 164 Å². The number of ether oxygens (including phenoxy) is 2. The first-order valence-electron chi connectivity index (χ1n) is 9.31. The van der Waals surface area contributed by atoms with Gasteiger partial charge in [0.25, 0.3) is 0 Å². The minimum atomic E-state index is -0.348. The minimum Gasteiger partial charge on any atom is -0.493 e. The van der Waals surface area contributed by atoms with E-state index in [2.05, 4.69) is 10.3 Å². The van der Waals surface area contributed by atoms with Crippen molar-refractivity contribution in [1.82, 2.24) is 10.3 Å². The van der Waals surface area contributed by atoms with Crippen LogP contribution in [0.25, 0.3) is 0 Å². The van der Waals surface area contributed by atoms with E-state index in [1.807, 2.05) is 18.3 Å². The first kappa shape index (κ1) is 19.7. The lowest BCUT2D eigenvalue weighted by molar-refractivity contribution is -0.126. The van der Waals surface area contributed by atoms with Gasteiger partial charge in [-0.2, -0.15) is 0 Å². The SMILES string of the molecule is COc1ccc(N2CC(C(=O)NCCCc3cccnc3)CC2=O)cc1OC. The largest absolute Gasteiger partial charge is 0.493 e. The van der Waals surface area contributed by atoms with Crippen molar-refractivity contribution in [1.29, 1.82) is 0 Å². The van der Waals surface area contributed by atoms with Crippen molar-refractivity contribution in [2.75, 3.05) is 32.2 Å². The molecule has 1 unspecified atom stereocenters. The lowest BCUT2D eigenvalue weighted by Gasteiger charge is -2.18. The maximum Gasteiger partial charge on any atom is 0.227 e. The summed E-state index contributed by atoms with van der Waals surface area (Å²) >= 11 is 0. The molecule has 1 atom stereocenters. The van der Waals surface area contributed by atoms with Gasteiger partial charge in [0.15, 0.2) is 11.5 Å². The van der Waals surface area contributed by atoms with Crippen molar-refractivity contribution < 1.29 is 19.1 Å². The summed E-state index contributed by atoms with van der Waals surface area (Å²) in [5.74, 6) is 0.654. The molecule has 0 radical (unpaired) electrons. The summed E-state index contributed by atoms with van der Waals surface area (Å²) in [5, 5.41) is 2.95. The molecule has 7 nitrogen and oxygen atoms in total. The molecule has 2 amide bonds. The number of aromatic nitrogens is 1. The summed E-state index contributed by atoms with van der Waals surface area (Å²) in [7, 11) is 3.11. The van der Waals surface area contributed by atoms with E-state index in [9.17, 15) is 9.59 Å². The number of carbonyl (C=O) groups excluding carboxylic acids is 2. The Hall–Kier alpha value is -3.09. The summed E-state index contributed by atoms with van der Waals surface area (Å²) in [6.07, 6.45) is 5.47. The van der Waals surface area contributed by atoms with E-state index >= 15 is 0 Å². The molecule has 1 fully saturated rings. The molecule has 0 saturated carbocycles. The van der Waals surface area contributed by atoms with Crippen LogP contribution in [-0.4, -0.2) is 44.1 Å². The Morgan fingerprint density at radius 3 is 2.79 bits per heavy atom. The number of anilines is 1. The molecular weight excluding hydrogens is 358 g/mol. The third-order valence-corrected chi connectivity index (χ3v) is 4.84. The number of hydrogen-bond donors (Lipinski definition) is 1. The maximum atomic E-state index is 12.5. The van der Waals surface area contributed by atoms with Crippen LogP contribution in [0, 0.1) is 5.92 Å². The van der Waals surface area contributed by atoms with Gasteiger partial charge in [-0.05, 0) is 36.6 Å². The Morgan fingerprint density at radius 2 is 2.07 bits per heavy atom. The molecule has 148 valence electrons. The fraction of sp³-hybridized carbons (Fsp3) is 0.381. The number of benzene rings is 1. The van der Waals surface area contributed by atoms with Gasteiger partial charge in [-0.3, -0.25) is 14.6 Å². The van der Waals surface area contributed by atoms with Crippen LogP contribution in [0.5, 0.6) is 11.5 Å². The van der Waals surface area contributed by atoms with Gasteiger partial charge in [0.1, 0.15) is 0 Å². The second-order valence-electron chi connectivity index (χ2n) is 6.70. The molecule has 3 rings (SSSR count). The normalized spacial score (nSPS) is 16.1. The summed E-state index contributed by atoms with van der Waals surface area (Å²) in [4.78, 5) is 30.6. The number of nitrogens with zero attached hydrogens (tertiary/aromatic N) is 2. The van der Waals surface area contributed by atoms with Gasteiger partial charge in [0.05, 0.1) is 20.1 Å². The third-order valence-electron chi connectivity index (χ3n) is 4.84. The molecule has 28 heavy (non-hydrogen) atoms. The number of pyridine rings is 1. The van der Waals surface area contributed by atoms with Crippen molar-refractivity contribution in [2.45, 2.75) is 19.3 Å². The van der Waals surface area contributed by atoms with Crippen LogP contribution in [0.3, 0.4) is 0 Å². The van der Waals surface area contributed by atoms with Crippen LogP contribution in [0.15, 0.2) is 42.7 Å². The number of hydrogen-bond acceptors (Lipinski definition) is 5. The van der Waals surface area contributed by atoms with Crippen LogP contribution < -0.4 is 19.7 Å². The average molecular weight is 383 g/mol. The van der Waals surface area contributed by atoms with Crippen molar-refractivity contribution in [3.05, 3.63) is 48.3 Å². The third kappa shape index (κ3) is 4.60. The monoisotopic (exact) mass is 383 g/mol. The van der Waals surface area contributed by atoms with Crippen LogP contribution in [0.4, 0.5) is 5.69 Å². The molecule has 1 aliphatic heterocycles. The molecule has 1 N–H and O–H groups in total. The Bertz CT molecular complexity index is 826. The quantitative estimate of drug-likeness (QED) is 0.707. The highest BCUT2D eigenvalue weighted by Gasteiger charge is 2.35. The van der Waals surface area contributed by atoms with E-state index in [4.69, 9.17) is 9.47 Å². The average Bonchev–Trinajstić information content (AvgIpc) is 3.13. The van der Waals surface area contributed by atoms with Crippen molar-refractivity contribution in [3.8, 4) is 11.5 Å². The van der Waals surface area contributed by atoms with Crippen molar-refractivity contribution >= 4 is 17.5 Å². The Morgan fingerprint density at radius 1 is 1.25 bits per heavy atom. The smallest absolute Gasteiger partial charge is 0.227 e. The molecule has 1 aromatic heterocycles. The second kappa shape index (κ2) is 9.21. The number of aryl methyl sites for hydroxylation is 1. The summed E-state index contributed by atoms with van der Waals surface area (Å²) < 4.78 is 10.5. The highest BCUT2D eigenvalue weighted by atomic mass is 16.5. The molecule has 1 saturated heterocycles. The van der Waals surface area contributed by atoms with Crippen molar-refractivity contribution in [2.24, 2.45) is 5.92 Å². The zero-order valence-corrected chi connectivity index (χ0v) is 16.2. The number of carbonyl (C=O) groups is 2. The van der Waals surface area contributed by atoms with E-state index in [1.54, 1.807) is 43.5 Å². The Kier molecular flexibility index (Phi) is 6.47. The van der Waals surface area contributed by atoms with Gasteiger partial charge in [-0.15, -0.1) is 0 Å². The second-order valence-corrected chi connectivity index (χ2v) is 6.70. The molecule has 7 heteroatoms. The standard InChI is InChI=1S/C21H25N3O4/c1-27-18-8-7-17(12-19(18)28-2)24-14-16(11-20(24)25)21(26)23-10-4-6-15-5-3-9-22-13-15/h3,5,7-9,12-13,16H,4,6,10-11,14H2,1-2H3,(H,23,26). The number of amides is 2. The minimum absolute atomic E-state index is 0.0669. The topological polar surface area (TPSA) is 80.8 Å². The molecule has 0 bridgehead atoms. The van der Waals surface area contributed by atoms with E-state index in [-0.39, 0.29) is 24.2 Å². The first-order valence-corrected chi connectivity index (χ1v) is 9.31. The van der Waals surface area contributed by atoms with Gasteiger partial charge >= 0.3 is 0 Å². The van der Waals surface area contributed by atoms with E-state index in [0.717, 1.165) is 18.4 Å². The van der Waals surface area contributed by atoms with Gasteiger partial charge < -0.3 is 19.7 Å². The summed E-state index contributed by atoms with van der Waals surface area (Å²) in [6, 6.07) is 9.23. The molecule has 0 spiro atoms. The molecule has 1 aromatic carbocycles. The van der Waals surface area contributed by atoms with Gasteiger partial charge in [-0.25, -0.2) is 0 Å². The fourth-order valence-electron chi connectivity index (χ4n) is 3.32. The summed E-state index contributed by atoms with van der Waals surface area (Å²) in [6.45, 7) is 0.942.